The molecule has 1 aromatic carbocycles. The largest absolute Gasteiger partial charge is 0.451 e. The fourth-order valence-electron chi connectivity index (χ4n) is 1.58. The van der Waals surface area contributed by atoms with E-state index in [9.17, 15) is 14.4 Å². The summed E-state index contributed by atoms with van der Waals surface area (Å²) in [6.45, 7) is -0.204. The zero-order chi connectivity index (χ0) is 15.8. The Kier molecular flexibility index (Phi) is 5.67. The van der Waals surface area contributed by atoms with Gasteiger partial charge < -0.3 is 10.1 Å². The maximum Gasteiger partial charge on any atom is 0.348 e. The average molecular weight is 318 g/mol. The van der Waals surface area contributed by atoms with Crippen molar-refractivity contribution in [2.75, 3.05) is 6.61 Å². The highest BCUT2D eigenvalue weighted by molar-refractivity contribution is 7.11. The van der Waals surface area contributed by atoms with Gasteiger partial charge in [-0.15, -0.1) is 11.3 Å². The van der Waals surface area contributed by atoms with Crippen molar-refractivity contribution >= 4 is 29.2 Å². The molecule has 7 heteroatoms. The number of nitrogens with one attached hydrogen (secondary N) is 2. The minimum atomic E-state index is -0.685. The quantitative estimate of drug-likeness (QED) is 0.825. The Hall–Kier alpha value is -2.67. The van der Waals surface area contributed by atoms with Crippen LogP contribution in [0.2, 0.25) is 0 Å². The molecule has 0 spiro atoms. The van der Waals surface area contributed by atoms with Crippen LogP contribution in [0.4, 0.5) is 4.79 Å². The van der Waals surface area contributed by atoms with E-state index in [1.54, 1.807) is 17.5 Å². The average Bonchev–Trinajstić information content (AvgIpc) is 3.06. The fraction of sp³-hybridized carbons (Fsp3) is 0.133. The molecule has 2 N–H and O–H groups in total. The molecular formula is C15H14N2O4S. The molecule has 2 rings (SSSR count). The molecule has 22 heavy (non-hydrogen) atoms. The van der Waals surface area contributed by atoms with Gasteiger partial charge in [0.05, 0.1) is 0 Å². The molecule has 0 aliphatic heterocycles. The van der Waals surface area contributed by atoms with Gasteiger partial charge in [0.15, 0.2) is 6.61 Å². The molecule has 0 bridgehead atoms. The van der Waals surface area contributed by atoms with E-state index in [4.69, 9.17) is 4.74 Å². The number of esters is 1. The van der Waals surface area contributed by atoms with E-state index in [1.165, 1.54) is 11.3 Å². The molecule has 0 saturated heterocycles. The molecule has 0 aliphatic carbocycles. The van der Waals surface area contributed by atoms with Crippen LogP contribution in [0, 0.1) is 0 Å². The van der Waals surface area contributed by atoms with E-state index in [-0.39, 0.29) is 0 Å². The lowest BCUT2D eigenvalue weighted by atomic mass is 10.2. The van der Waals surface area contributed by atoms with E-state index in [0.717, 1.165) is 5.56 Å². The number of amides is 3. The van der Waals surface area contributed by atoms with Gasteiger partial charge in [-0.1, -0.05) is 36.4 Å². The first-order chi connectivity index (χ1) is 10.6. The Morgan fingerprint density at radius 1 is 1.05 bits per heavy atom. The van der Waals surface area contributed by atoms with Crippen molar-refractivity contribution in [1.29, 1.82) is 0 Å². The third-order valence-corrected chi connectivity index (χ3v) is 3.46. The molecule has 6 nitrogen and oxygen atoms in total. The van der Waals surface area contributed by atoms with Gasteiger partial charge in [0, 0.05) is 6.54 Å². The van der Waals surface area contributed by atoms with Crippen LogP contribution in [0.3, 0.4) is 0 Å². The number of ether oxygens (including phenoxy) is 1. The van der Waals surface area contributed by atoms with Crippen molar-refractivity contribution in [2.45, 2.75) is 6.54 Å². The maximum absolute atomic E-state index is 11.5. The Bertz CT molecular complexity index is 641. The third kappa shape index (κ3) is 5.02. The Balaban J connectivity index is 1.68. The lowest BCUT2D eigenvalue weighted by molar-refractivity contribution is -0.123. The number of urea groups is 1. The SMILES string of the molecule is O=C(COC(=O)c1cccs1)NC(=O)NCc1ccccc1. The van der Waals surface area contributed by atoms with Gasteiger partial charge in [0.1, 0.15) is 4.88 Å². The number of thiophene rings is 1. The highest BCUT2D eigenvalue weighted by atomic mass is 32.1. The summed E-state index contributed by atoms with van der Waals surface area (Å²) in [7, 11) is 0. The van der Waals surface area contributed by atoms with Crippen molar-refractivity contribution in [3.63, 3.8) is 0 Å². The molecule has 0 fully saturated rings. The molecule has 3 amide bonds. The zero-order valence-electron chi connectivity index (χ0n) is 11.6. The molecule has 0 radical (unpaired) electrons. The predicted molar refractivity (Wildman–Crippen MR) is 81.4 cm³/mol. The summed E-state index contributed by atoms with van der Waals surface area (Å²) in [5, 5.41) is 6.35. The third-order valence-electron chi connectivity index (χ3n) is 2.61. The molecule has 1 aromatic heterocycles. The number of benzene rings is 1. The first kappa shape index (κ1) is 15.7. The van der Waals surface area contributed by atoms with Crippen LogP contribution in [0.5, 0.6) is 0 Å². The highest BCUT2D eigenvalue weighted by Gasteiger charge is 2.12. The number of hydrogen-bond donors (Lipinski definition) is 2. The number of imide groups is 1. The van der Waals surface area contributed by atoms with Crippen molar-refractivity contribution in [2.24, 2.45) is 0 Å². The molecule has 0 aliphatic rings. The topological polar surface area (TPSA) is 84.5 Å². The van der Waals surface area contributed by atoms with Crippen LogP contribution in [0.25, 0.3) is 0 Å². The summed E-state index contributed by atoms with van der Waals surface area (Å²) in [4.78, 5) is 34.9. The summed E-state index contributed by atoms with van der Waals surface area (Å²) >= 11 is 1.22. The summed E-state index contributed by atoms with van der Waals surface area (Å²) in [6.07, 6.45) is 0. The van der Waals surface area contributed by atoms with Crippen LogP contribution in [-0.2, 0) is 16.1 Å². The van der Waals surface area contributed by atoms with Gasteiger partial charge in [-0.25, -0.2) is 9.59 Å². The Morgan fingerprint density at radius 3 is 2.50 bits per heavy atom. The lowest BCUT2D eigenvalue weighted by Crippen LogP contribution is -2.41. The first-order valence-electron chi connectivity index (χ1n) is 6.47. The van der Waals surface area contributed by atoms with E-state index in [2.05, 4.69) is 10.6 Å². The summed E-state index contributed by atoms with van der Waals surface area (Å²) in [5.41, 5.74) is 0.911. The standard InChI is InChI=1S/C15H14N2O4S/c18-13(10-21-14(19)12-7-4-8-22-12)17-15(20)16-9-11-5-2-1-3-6-11/h1-8H,9-10H2,(H2,16,17,18,20). The zero-order valence-corrected chi connectivity index (χ0v) is 12.4. The van der Waals surface area contributed by atoms with Gasteiger partial charge in [-0.05, 0) is 17.0 Å². The van der Waals surface area contributed by atoms with Crippen LogP contribution in [0.15, 0.2) is 47.8 Å². The van der Waals surface area contributed by atoms with Gasteiger partial charge in [-0.2, -0.15) is 0 Å². The minimum Gasteiger partial charge on any atom is -0.451 e. The normalized spacial score (nSPS) is 9.82. The first-order valence-corrected chi connectivity index (χ1v) is 7.35. The summed E-state index contributed by atoms with van der Waals surface area (Å²) in [6, 6.07) is 11.9. The van der Waals surface area contributed by atoms with Gasteiger partial charge in [0.2, 0.25) is 0 Å². The van der Waals surface area contributed by atoms with E-state index < -0.39 is 24.5 Å². The molecule has 114 valence electrons. The monoisotopic (exact) mass is 318 g/mol. The predicted octanol–water partition coefficient (Wildman–Crippen LogP) is 1.93. The molecular weight excluding hydrogens is 304 g/mol. The van der Waals surface area contributed by atoms with Crippen LogP contribution >= 0.6 is 11.3 Å². The second-order valence-electron chi connectivity index (χ2n) is 4.27. The minimum absolute atomic E-state index is 0.301. The smallest absolute Gasteiger partial charge is 0.348 e. The summed E-state index contributed by atoms with van der Waals surface area (Å²) < 4.78 is 4.79. The van der Waals surface area contributed by atoms with Crippen molar-refractivity contribution in [1.82, 2.24) is 10.6 Å². The second kappa shape index (κ2) is 7.94. The molecule has 2 aromatic rings. The maximum atomic E-state index is 11.5. The highest BCUT2D eigenvalue weighted by Crippen LogP contribution is 2.09. The van der Waals surface area contributed by atoms with Crippen molar-refractivity contribution in [3.05, 3.63) is 58.3 Å². The summed E-state index contributed by atoms with van der Waals surface area (Å²) in [5.74, 6) is -1.27. The number of hydrogen-bond acceptors (Lipinski definition) is 5. The number of carbonyl (C=O) groups is 3. The van der Waals surface area contributed by atoms with Crippen LogP contribution in [-0.4, -0.2) is 24.5 Å². The van der Waals surface area contributed by atoms with Crippen molar-refractivity contribution in [3.8, 4) is 0 Å². The van der Waals surface area contributed by atoms with Gasteiger partial charge in [-0.3, -0.25) is 10.1 Å². The number of rotatable bonds is 5. The number of carbonyl (C=O) groups excluding carboxylic acids is 3. The van der Waals surface area contributed by atoms with Crippen LogP contribution < -0.4 is 10.6 Å². The van der Waals surface area contributed by atoms with E-state index in [1.807, 2.05) is 30.3 Å². The molecule has 0 unspecified atom stereocenters. The lowest BCUT2D eigenvalue weighted by Gasteiger charge is -2.07. The van der Waals surface area contributed by atoms with Gasteiger partial charge in [0.25, 0.3) is 5.91 Å². The Labute approximate surface area is 131 Å². The fourth-order valence-corrected chi connectivity index (χ4v) is 2.20. The molecule has 0 atom stereocenters. The van der Waals surface area contributed by atoms with E-state index >= 15 is 0 Å². The van der Waals surface area contributed by atoms with Crippen molar-refractivity contribution < 1.29 is 19.1 Å². The molecule has 0 saturated carbocycles. The Morgan fingerprint density at radius 2 is 1.82 bits per heavy atom. The van der Waals surface area contributed by atoms with Crippen LogP contribution in [0.1, 0.15) is 15.2 Å². The van der Waals surface area contributed by atoms with E-state index in [0.29, 0.717) is 11.4 Å². The van der Waals surface area contributed by atoms with Gasteiger partial charge >= 0.3 is 12.0 Å². The second-order valence-corrected chi connectivity index (χ2v) is 5.22. The molecule has 1 heterocycles.